The molecule has 2 aliphatic carbocycles. The number of nitrogens with zero attached hydrogens (tertiary/aromatic N) is 4. The maximum absolute atomic E-state index is 15.0. The normalized spacial score (nSPS) is 22.4. The van der Waals surface area contributed by atoms with E-state index in [0.717, 1.165) is 5.56 Å². The van der Waals surface area contributed by atoms with Gasteiger partial charge in [-0.15, -0.1) is 17.9 Å². The summed E-state index contributed by atoms with van der Waals surface area (Å²) in [6.45, 7) is 9.54. The Morgan fingerprint density at radius 2 is 1.84 bits per heavy atom. The van der Waals surface area contributed by atoms with Crippen LogP contribution in [0.2, 0.25) is 10.0 Å². The van der Waals surface area contributed by atoms with E-state index in [1.165, 1.54) is 29.5 Å². The van der Waals surface area contributed by atoms with E-state index in [9.17, 15) is 23.1 Å². The molecule has 322 valence electrons. The molecule has 2 saturated carbocycles. The van der Waals surface area contributed by atoms with E-state index >= 15 is 0 Å². The molecule has 1 saturated heterocycles. The minimum absolute atomic E-state index is 0.00957. The number of aliphatic hydroxyl groups is 1. The minimum Gasteiger partial charge on any atom is -0.494 e. The minimum atomic E-state index is -3.82. The molecular weight excluding hydrogens is 866 g/mol. The quantitative estimate of drug-likeness (QED) is 0.0645. The number of carbonyl (C=O) groups is 2. The highest BCUT2D eigenvalue weighted by atomic mass is 35.5. The summed E-state index contributed by atoms with van der Waals surface area (Å²) in [5, 5.41) is 25.8. The summed E-state index contributed by atoms with van der Waals surface area (Å²) >= 11 is 13.7. The fourth-order valence-corrected chi connectivity index (χ4v) is 10.2. The first-order valence-corrected chi connectivity index (χ1v) is 22.9. The van der Waals surface area contributed by atoms with Crippen molar-refractivity contribution in [2.24, 2.45) is 11.3 Å². The van der Waals surface area contributed by atoms with Crippen molar-refractivity contribution >= 4 is 72.3 Å². The van der Waals surface area contributed by atoms with E-state index < -0.39 is 68.4 Å². The molecule has 6 atom stereocenters. The SMILES string of the molecule is C=C[C@@H]1C[C@]1(NC(=O)[C@@H]1C[C@@H](Oc2ncc(OC)c3ccc(Cl)cc23)CN1C(=O)[C@@H](Nc1nc(-c2cc(-c3ccc(Cl)cc3)no2)cs1)C(C)(C)C)C(O)NS(=O)(=O)C1CC1. The number of amides is 2. The molecule has 5 aromatic rings. The number of rotatable bonds is 15. The maximum atomic E-state index is 15.0. The van der Waals surface area contributed by atoms with E-state index in [2.05, 4.69) is 32.1 Å². The van der Waals surface area contributed by atoms with Gasteiger partial charge in [0.2, 0.25) is 27.7 Å². The number of nitrogens with one attached hydrogen (secondary N) is 3. The Kier molecular flexibility index (Phi) is 11.6. The number of aromatic nitrogens is 3. The van der Waals surface area contributed by atoms with Crippen molar-refractivity contribution in [3.8, 4) is 34.3 Å². The molecule has 15 nitrogen and oxygen atoms in total. The number of pyridine rings is 1. The number of likely N-dealkylation sites (tertiary alicyclic amines) is 1. The maximum Gasteiger partial charge on any atom is 0.246 e. The second-order valence-electron chi connectivity index (χ2n) is 16.7. The topological polar surface area (TPSA) is 198 Å². The van der Waals surface area contributed by atoms with Gasteiger partial charge in [0, 0.05) is 50.2 Å². The molecule has 3 fully saturated rings. The van der Waals surface area contributed by atoms with Gasteiger partial charge in [-0.3, -0.25) is 9.59 Å². The lowest BCUT2D eigenvalue weighted by molar-refractivity contribution is -0.141. The molecule has 3 aliphatic rings. The Morgan fingerprint density at radius 1 is 1.10 bits per heavy atom. The zero-order valence-electron chi connectivity index (χ0n) is 33.7. The van der Waals surface area contributed by atoms with Crippen LogP contribution in [-0.2, 0) is 19.6 Å². The van der Waals surface area contributed by atoms with Crippen LogP contribution in [0.15, 0.2) is 77.3 Å². The smallest absolute Gasteiger partial charge is 0.246 e. The lowest BCUT2D eigenvalue weighted by Gasteiger charge is -2.36. The number of halogens is 2. The van der Waals surface area contributed by atoms with Gasteiger partial charge in [0.1, 0.15) is 41.6 Å². The molecule has 19 heteroatoms. The van der Waals surface area contributed by atoms with E-state index in [4.69, 9.17) is 42.2 Å². The summed E-state index contributed by atoms with van der Waals surface area (Å²) in [4.78, 5) is 40.2. The van der Waals surface area contributed by atoms with Crippen LogP contribution < -0.4 is 24.8 Å². The van der Waals surface area contributed by atoms with Crippen LogP contribution in [0.5, 0.6) is 11.6 Å². The highest BCUT2D eigenvalue weighted by Gasteiger charge is 2.61. The zero-order valence-corrected chi connectivity index (χ0v) is 36.9. The van der Waals surface area contributed by atoms with Gasteiger partial charge < -0.3 is 34.6 Å². The second kappa shape index (κ2) is 16.5. The number of carbonyl (C=O) groups excluding carboxylic acids is 2. The molecule has 2 aromatic carbocycles. The van der Waals surface area contributed by atoms with Gasteiger partial charge in [-0.1, -0.05) is 67.3 Å². The molecule has 61 heavy (non-hydrogen) atoms. The van der Waals surface area contributed by atoms with Gasteiger partial charge >= 0.3 is 0 Å². The third-order valence-electron chi connectivity index (χ3n) is 11.3. The monoisotopic (exact) mass is 909 g/mol. The molecule has 4 heterocycles. The molecule has 0 spiro atoms. The number of methoxy groups -OCH3 is 1. The predicted molar refractivity (Wildman–Crippen MR) is 233 cm³/mol. The van der Waals surface area contributed by atoms with Gasteiger partial charge in [-0.2, -0.15) is 4.72 Å². The average Bonchev–Trinajstić information content (AvgIpc) is 4.01. The molecule has 2 amide bonds. The summed E-state index contributed by atoms with van der Waals surface area (Å²) in [6, 6.07) is 12.2. The number of hydrogen-bond acceptors (Lipinski definition) is 13. The second-order valence-corrected chi connectivity index (χ2v) is 20.4. The van der Waals surface area contributed by atoms with Crippen molar-refractivity contribution in [2.45, 2.75) is 81.7 Å². The van der Waals surface area contributed by atoms with Crippen molar-refractivity contribution in [3.63, 3.8) is 0 Å². The summed E-state index contributed by atoms with van der Waals surface area (Å²) < 4.78 is 45.8. The van der Waals surface area contributed by atoms with Crippen molar-refractivity contribution in [2.75, 3.05) is 19.0 Å². The number of anilines is 1. The number of benzene rings is 2. The molecule has 1 aliphatic heterocycles. The molecule has 3 aromatic heterocycles. The van der Waals surface area contributed by atoms with Crippen LogP contribution >= 0.6 is 34.5 Å². The summed E-state index contributed by atoms with van der Waals surface area (Å²) in [7, 11) is -2.29. The molecule has 0 radical (unpaired) electrons. The first-order chi connectivity index (χ1) is 29.0. The Hall–Kier alpha value is -4.78. The van der Waals surface area contributed by atoms with Gasteiger partial charge in [-0.25, -0.2) is 18.4 Å². The van der Waals surface area contributed by atoms with Crippen LogP contribution in [-0.4, -0.2) is 94.2 Å². The van der Waals surface area contributed by atoms with Crippen LogP contribution in [0.1, 0.15) is 46.5 Å². The third kappa shape index (κ3) is 8.81. The third-order valence-corrected chi connectivity index (χ3v) is 14.5. The molecule has 8 rings (SSSR count). The van der Waals surface area contributed by atoms with Crippen LogP contribution in [0.25, 0.3) is 33.5 Å². The number of hydrogen-bond donors (Lipinski definition) is 4. The Labute approximate surface area is 366 Å². The Balaban J connectivity index is 1.07. The summed E-state index contributed by atoms with van der Waals surface area (Å²) in [5.74, 6) is -0.249. The van der Waals surface area contributed by atoms with Crippen molar-refractivity contribution in [1.29, 1.82) is 0 Å². The van der Waals surface area contributed by atoms with Gasteiger partial charge in [0.15, 0.2) is 10.9 Å². The number of sulfonamides is 1. The van der Waals surface area contributed by atoms with Crippen LogP contribution in [0.3, 0.4) is 0 Å². The van der Waals surface area contributed by atoms with Crippen LogP contribution in [0.4, 0.5) is 5.13 Å². The van der Waals surface area contributed by atoms with Crippen molar-refractivity contribution in [1.82, 2.24) is 30.1 Å². The highest BCUT2D eigenvalue weighted by Crippen LogP contribution is 2.47. The zero-order chi connectivity index (χ0) is 43.4. The van der Waals surface area contributed by atoms with Gasteiger partial charge in [-0.05, 0) is 55.0 Å². The molecule has 0 bridgehead atoms. The molecule has 1 unspecified atom stereocenters. The number of thiazole rings is 1. The first kappa shape index (κ1) is 42.9. The summed E-state index contributed by atoms with van der Waals surface area (Å²) in [5.41, 5.74) is -0.141. The van der Waals surface area contributed by atoms with E-state index in [1.807, 2.05) is 32.9 Å². The van der Waals surface area contributed by atoms with Crippen molar-refractivity contribution < 1.29 is 37.1 Å². The molecule has 4 N–H and O–H groups in total. The van der Waals surface area contributed by atoms with Gasteiger partial charge in [0.25, 0.3) is 0 Å². The van der Waals surface area contributed by atoms with Gasteiger partial charge in [0.05, 0.1) is 30.6 Å². The van der Waals surface area contributed by atoms with E-state index in [-0.39, 0.29) is 25.3 Å². The van der Waals surface area contributed by atoms with Crippen molar-refractivity contribution in [3.05, 3.63) is 82.8 Å². The van der Waals surface area contributed by atoms with Crippen LogP contribution in [0, 0.1) is 11.3 Å². The number of aliphatic hydroxyl groups excluding tert-OH is 1. The Bertz CT molecular complexity index is 2600. The largest absolute Gasteiger partial charge is 0.494 e. The number of ether oxygens (including phenoxy) is 2. The lowest BCUT2D eigenvalue weighted by Crippen LogP contribution is -2.60. The fourth-order valence-electron chi connectivity index (χ4n) is 7.67. The highest BCUT2D eigenvalue weighted by molar-refractivity contribution is 7.90. The first-order valence-electron chi connectivity index (χ1n) is 19.7. The summed E-state index contributed by atoms with van der Waals surface area (Å²) in [6.07, 6.45) is 2.03. The van der Waals surface area contributed by atoms with E-state index in [1.54, 1.807) is 47.9 Å². The number of fused-ring (bicyclic) bond motifs is 1. The lowest BCUT2D eigenvalue weighted by atomic mass is 9.85. The Morgan fingerprint density at radius 3 is 2.51 bits per heavy atom. The standard InChI is InChI=1S/C42H45Cl2N7O8S2/c1-6-23-18-42(23,39(54)50-61(55,56)27-12-13-27)48-36(52)32-16-26(58-37-29-15-25(44)11-14-28(29)34(57-5)19-45-37)20-51(32)38(53)35(41(2,3)4)47-40-46-31(21-60-40)33-17-30(49-59-33)22-7-9-24(43)10-8-22/h6-11,14-15,17,19,21,23,26-27,32,35,39,50,54H,1,12-13,16,18,20H2,2-5H3,(H,46,47)(H,48,52)/t23-,26-,32+,35-,39?,42-/m1/s1. The predicted octanol–water partition coefficient (Wildman–Crippen LogP) is 6.66. The van der Waals surface area contributed by atoms with E-state index in [0.29, 0.717) is 61.7 Å². The fraction of sp³-hybridized carbons (Fsp3) is 0.405. The average molecular weight is 911 g/mol. The molecular formula is C42H45Cl2N7O8S2.